The first kappa shape index (κ1) is 20.0. The van der Waals surface area contributed by atoms with Gasteiger partial charge in [0.15, 0.2) is 11.9 Å². The van der Waals surface area contributed by atoms with E-state index in [0.29, 0.717) is 22.6 Å². The van der Waals surface area contributed by atoms with Gasteiger partial charge in [0, 0.05) is 36.8 Å². The summed E-state index contributed by atoms with van der Waals surface area (Å²) in [5.41, 5.74) is 4.98. The summed E-state index contributed by atoms with van der Waals surface area (Å²) < 4.78 is 45.2. The standard InChI is InChI=1S/C24H22F3N3/c1-15-9-7-8-12-30(15)22-14-18(24(25,26)27)13-19(16(22)2)23-17(3)28-20-10-5-6-11-21(20)29(23)4/h5-14H,1-4H3/q+2. The molecule has 0 aliphatic heterocycles. The van der Waals surface area contributed by atoms with E-state index in [9.17, 15) is 13.2 Å². The van der Waals surface area contributed by atoms with Crippen LogP contribution in [-0.2, 0) is 13.2 Å². The lowest BCUT2D eigenvalue weighted by atomic mass is 9.97. The Morgan fingerprint density at radius 2 is 1.60 bits per heavy atom. The number of para-hydroxylation sites is 2. The highest BCUT2D eigenvalue weighted by atomic mass is 19.4. The van der Waals surface area contributed by atoms with Crippen molar-refractivity contribution in [2.24, 2.45) is 7.05 Å². The molecule has 0 atom stereocenters. The molecule has 2 heterocycles. The third-order valence-electron chi connectivity index (χ3n) is 5.50. The minimum absolute atomic E-state index is 0.505. The third-order valence-corrected chi connectivity index (χ3v) is 5.50. The first-order chi connectivity index (χ1) is 14.2. The lowest BCUT2D eigenvalue weighted by Crippen LogP contribution is -2.37. The molecule has 0 bridgehead atoms. The Kier molecular flexibility index (Phi) is 4.80. The second kappa shape index (κ2) is 7.20. The van der Waals surface area contributed by atoms with Gasteiger partial charge in [-0.1, -0.05) is 18.2 Å². The number of aryl methyl sites for hydroxylation is 3. The molecule has 0 N–H and O–H groups in total. The van der Waals surface area contributed by atoms with Gasteiger partial charge in [-0.2, -0.15) is 22.3 Å². The van der Waals surface area contributed by atoms with Crippen molar-refractivity contribution in [3.63, 3.8) is 0 Å². The van der Waals surface area contributed by atoms with E-state index in [1.54, 1.807) is 10.8 Å². The monoisotopic (exact) mass is 409 g/mol. The minimum atomic E-state index is -4.46. The summed E-state index contributed by atoms with van der Waals surface area (Å²) in [7, 11) is 1.87. The zero-order chi connectivity index (χ0) is 21.6. The van der Waals surface area contributed by atoms with Crippen LogP contribution in [0.4, 0.5) is 13.2 Å². The van der Waals surface area contributed by atoms with Crippen LogP contribution in [0.5, 0.6) is 0 Å². The quantitative estimate of drug-likeness (QED) is 0.429. The smallest absolute Gasteiger partial charge is 0.240 e. The fourth-order valence-corrected chi connectivity index (χ4v) is 3.97. The molecule has 0 radical (unpaired) electrons. The average molecular weight is 409 g/mol. The maximum atomic E-state index is 13.8. The van der Waals surface area contributed by atoms with Crippen LogP contribution >= 0.6 is 0 Å². The van der Waals surface area contributed by atoms with Gasteiger partial charge in [0.05, 0.1) is 11.1 Å². The second-order valence-corrected chi connectivity index (χ2v) is 7.47. The van der Waals surface area contributed by atoms with Crippen molar-refractivity contribution in [2.75, 3.05) is 0 Å². The number of fused-ring (bicyclic) bond motifs is 1. The molecule has 0 unspecified atom stereocenters. The number of benzene rings is 2. The third kappa shape index (κ3) is 3.32. The molecule has 0 saturated carbocycles. The van der Waals surface area contributed by atoms with Crippen LogP contribution in [0.15, 0.2) is 60.8 Å². The first-order valence-corrected chi connectivity index (χ1v) is 9.63. The van der Waals surface area contributed by atoms with Gasteiger partial charge in [0.25, 0.3) is 0 Å². The van der Waals surface area contributed by atoms with E-state index in [4.69, 9.17) is 0 Å². The molecule has 4 rings (SSSR count). The van der Waals surface area contributed by atoms with E-state index >= 15 is 0 Å². The van der Waals surface area contributed by atoms with E-state index < -0.39 is 11.7 Å². The Morgan fingerprint density at radius 1 is 0.900 bits per heavy atom. The molecule has 30 heavy (non-hydrogen) atoms. The number of halogens is 3. The molecule has 0 aliphatic rings. The molecule has 0 fully saturated rings. The fourth-order valence-electron chi connectivity index (χ4n) is 3.97. The van der Waals surface area contributed by atoms with E-state index in [1.807, 2.05) is 74.9 Å². The largest absolute Gasteiger partial charge is 0.416 e. The summed E-state index contributed by atoms with van der Waals surface area (Å²) in [4.78, 5) is 4.66. The number of aromatic nitrogens is 3. The van der Waals surface area contributed by atoms with Crippen molar-refractivity contribution in [1.82, 2.24) is 4.98 Å². The van der Waals surface area contributed by atoms with Crippen LogP contribution in [0.3, 0.4) is 0 Å². The molecule has 6 heteroatoms. The van der Waals surface area contributed by atoms with Crippen molar-refractivity contribution >= 4 is 11.0 Å². The van der Waals surface area contributed by atoms with Crippen molar-refractivity contribution < 1.29 is 22.3 Å². The lowest BCUT2D eigenvalue weighted by molar-refractivity contribution is -0.634. The summed E-state index contributed by atoms with van der Waals surface area (Å²) in [6.07, 6.45) is -2.68. The molecule has 0 amide bonds. The van der Waals surface area contributed by atoms with Gasteiger partial charge in [-0.15, -0.1) is 0 Å². The molecule has 0 aliphatic carbocycles. The zero-order valence-corrected chi connectivity index (χ0v) is 17.2. The summed E-state index contributed by atoms with van der Waals surface area (Å²) >= 11 is 0. The van der Waals surface area contributed by atoms with Gasteiger partial charge in [0.2, 0.25) is 16.9 Å². The topological polar surface area (TPSA) is 20.6 Å². The summed E-state index contributed by atoms with van der Waals surface area (Å²) in [5.74, 6) is 0. The maximum Gasteiger partial charge on any atom is 0.416 e. The molecule has 2 aromatic carbocycles. The Hall–Kier alpha value is -3.28. The molecule has 4 aromatic rings. The van der Waals surface area contributed by atoms with Gasteiger partial charge in [-0.3, -0.25) is 0 Å². The Morgan fingerprint density at radius 3 is 2.30 bits per heavy atom. The lowest BCUT2D eigenvalue weighted by Gasteiger charge is -2.14. The van der Waals surface area contributed by atoms with Crippen LogP contribution in [0, 0.1) is 20.8 Å². The van der Waals surface area contributed by atoms with Crippen LogP contribution in [0.1, 0.15) is 22.5 Å². The SMILES string of the molecule is Cc1nc2ccccc2[n+](C)c1-c1cc(C(F)(F)F)cc(-[n+]2ccccc2C)c1C. The molecular formula is C24H22F3N3+2. The number of alkyl halides is 3. The Labute approximate surface area is 173 Å². The predicted octanol–water partition coefficient (Wildman–Crippen LogP) is 4.95. The van der Waals surface area contributed by atoms with E-state index in [2.05, 4.69) is 4.98 Å². The molecule has 0 spiro atoms. The van der Waals surface area contributed by atoms with Gasteiger partial charge in [-0.25, -0.2) is 4.98 Å². The Balaban J connectivity index is 2.10. The van der Waals surface area contributed by atoms with Gasteiger partial charge >= 0.3 is 6.18 Å². The van der Waals surface area contributed by atoms with Crippen molar-refractivity contribution in [3.8, 4) is 16.9 Å². The van der Waals surface area contributed by atoms with E-state index in [1.165, 1.54) is 12.1 Å². The number of nitrogens with zero attached hydrogens (tertiary/aromatic N) is 3. The van der Waals surface area contributed by atoms with Gasteiger partial charge in [-0.05, 0) is 26.0 Å². The van der Waals surface area contributed by atoms with Crippen LogP contribution in [0.2, 0.25) is 0 Å². The van der Waals surface area contributed by atoms with Crippen molar-refractivity contribution in [3.05, 3.63) is 83.3 Å². The van der Waals surface area contributed by atoms with Crippen molar-refractivity contribution in [2.45, 2.75) is 26.9 Å². The highest BCUT2D eigenvalue weighted by Crippen LogP contribution is 2.36. The van der Waals surface area contributed by atoms with Crippen LogP contribution < -0.4 is 9.13 Å². The number of hydrogen-bond donors (Lipinski definition) is 0. The zero-order valence-electron chi connectivity index (χ0n) is 17.2. The van der Waals surface area contributed by atoms with E-state index in [0.717, 1.165) is 22.3 Å². The highest BCUT2D eigenvalue weighted by Gasteiger charge is 2.35. The molecule has 152 valence electrons. The fraction of sp³-hybridized carbons (Fsp3) is 0.208. The van der Waals surface area contributed by atoms with Gasteiger partial charge in [0.1, 0.15) is 18.3 Å². The number of hydrogen-bond acceptors (Lipinski definition) is 1. The van der Waals surface area contributed by atoms with Gasteiger partial charge < -0.3 is 0 Å². The highest BCUT2D eigenvalue weighted by molar-refractivity contribution is 5.75. The van der Waals surface area contributed by atoms with E-state index in [-0.39, 0.29) is 0 Å². The average Bonchev–Trinajstić information content (AvgIpc) is 2.69. The minimum Gasteiger partial charge on any atom is -0.240 e. The number of pyridine rings is 1. The maximum absolute atomic E-state index is 13.8. The molecule has 2 aromatic heterocycles. The molecule has 3 nitrogen and oxygen atoms in total. The van der Waals surface area contributed by atoms with Crippen LogP contribution in [0.25, 0.3) is 28.0 Å². The first-order valence-electron chi connectivity index (χ1n) is 9.63. The predicted molar refractivity (Wildman–Crippen MR) is 109 cm³/mol. The number of rotatable bonds is 2. The second-order valence-electron chi connectivity index (χ2n) is 7.47. The van der Waals surface area contributed by atoms with Crippen molar-refractivity contribution in [1.29, 1.82) is 0 Å². The normalized spacial score (nSPS) is 11.8. The summed E-state index contributed by atoms with van der Waals surface area (Å²) in [5, 5.41) is 0. The van der Waals surface area contributed by atoms with Crippen LogP contribution in [-0.4, -0.2) is 4.98 Å². The summed E-state index contributed by atoms with van der Waals surface area (Å²) in [6, 6.07) is 15.6. The summed E-state index contributed by atoms with van der Waals surface area (Å²) in [6.45, 7) is 5.57. The molecule has 0 saturated heterocycles. The molecular weight excluding hydrogens is 387 g/mol. The Bertz CT molecular complexity index is 1280.